The fourth-order valence-corrected chi connectivity index (χ4v) is 2.50. The van der Waals surface area contributed by atoms with Gasteiger partial charge < -0.3 is 4.55 Å². The number of hydrogen-bond donors (Lipinski definition) is 0. The number of quaternary nitrogens is 1. The third kappa shape index (κ3) is 4.88. The van der Waals surface area contributed by atoms with Crippen LogP contribution in [-0.4, -0.2) is 41.1 Å². The Bertz CT molecular complexity index is 702. The zero-order valence-electron chi connectivity index (χ0n) is 14.0. The summed E-state index contributed by atoms with van der Waals surface area (Å²) in [4.78, 5) is 44.2. The summed E-state index contributed by atoms with van der Waals surface area (Å²) in [5, 5.41) is 0. The minimum atomic E-state index is -4.27. The van der Waals surface area contributed by atoms with Crippen molar-refractivity contribution in [3.05, 3.63) is 29.8 Å². The molecule has 1 aromatic carbocycles. The molecule has 0 aliphatic heterocycles. The van der Waals surface area contributed by atoms with Gasteiger partial charge in [-0.3, -0.25) is 0 Å². The van der Waals surface area contributed by atoms with E-state index in [2.05, 4.69) is 0 Å². The molecule has 0 saturated heterocycles. The van der Waals surface area contributed by atoms with E-state index in [1.54, 1.807) is 12.1 Å². The first kappa shape index (κ1) is 21.8. The molecule has 0 heterocycles. The fourth-order valence-electron chi connectivity index (χ4n) is 2.04. The topological polar surface area (TPSA) is 125 Å². The SMILES string of the molecule is CC(=O)[N+](C(C)=O)(C(C)=O)C(C)=O.Cc1ccc(S(=O)(=O)[O-])cc1. The largest absolute Gasteiger partial charge is 0.744 e. The predicted molar refractivity (Wildman–Crippen MR) is 82.1 cm³/mol. The molecule has 24 heavy (non-hydrogen) atoms. The van der Waals surface area contributed by atoms with Crippen LogP contribution in [0.15, 0.2) is 29.2 Å². The zero-order chi connectivity index (χ0) is 19.3. The van der Waals surface area contributed by atoms with Crippen LogP contribution in [0.25, 0.3) is 0 Å². The average molecular weight is 357 g/mol. The Hall–Kier alpha value is -2.23. The Morgan fingerprint density at radius 3 is 1.25 bits per heavy atom. The molecule has 0 aromatic heterocycles. The second kappa shape index (κ2) is 8.04. The van der Waals surface area contributed by atoms with Crippen molar-refractivity contribution in [3.8, 4) is 0 Å². The van der Waals surface area contributed by atoms with Crippen LogP contribution in [0.3, 0.4) is 0 Å². The molecule has 0 radical (unpaired) electrons. The number of carbonyl (C=O) groups excluding carboxylic acids is 4. The maximum Gasteiger partial charge on any atom is 0.332 e. The number of benzene rings is 1. The Balaban J connectivity index is 0.000000446. The average Bonchev–Trinajstić information content (AvgIpc) is 2.37. The molecule has 0 spiro atoms. The molecule has 0 aliphatic rings. The molecule has 1 rings (SSSR count). The van der Waals surface area contributed by atoms with Gasteiger partial charge in [-0.15, -0.1) is 0 Å². The zero-order valence-corrected chi connectivity index (χ0v) is 14.8. The van der Waals surface area contributed by atoms with Crippen molar-refractivity contribution < 1.29 is 36.6 Å². The molecule has 132 valence electrons. The molecule has 0 N–H and O–H groups in total. The van der Waals surface area contributed by atoms with E-state index < -0.39 is 38.2 Å². The lowest BCUT2D eigenvalue weighted by Gasteiger charge is -2.22. The van der Waals surface area contributed by atoms with Crippen LogP contribution in [0, 0.1) is 6.92 Å². The summed E-state index contributed by atoms with van der Waals surface area (Å²) in [6, 6.07) is 5.78. The Morgan fingerprint density at radius 2 is 1.08 bits per heavy atom. The van der Waals surface area contributed by atoms with Crippen LogP contribution in [0.4, 0.5) is 0 Å². The van der Waals surface area contributed by atoms with Crippen LogP contribution < -0.4 is 0 Å². The standard InChI is InChI=1S/C8H12NO4.C7H8O3S/c1-5(10)9(6(2)11,7(3)12)8(4)13;1-6-2-4-7(5-3-6)11(8,9)10/h1-4H3;2-5H,1H3,(H,8,9,10)/q+1;/p-1. The minimum Gasteiger partial charge on any atom is -0.744 e. The van der Waals surface area contributed by atoms with E-state index in [0.29, 0.717) is 0 Å². The van der Waals surface area contributed by atoms with Gasteiger partial charge in [-0.1, -0.05) is 22.2 Å². The number of carbonyl (C=O) groups is 4. The number of aryl methyl sites for hydroxylation is 1. The molecule has 0 unspecified atom stereocenters. The van der Waals surface area contributed by atoms with E-state index in [1.165, 1.54) is 12.1 Å². The van der Waals surface area contributed by atoms with Gasteiger partial charge in [-0.2, -0.15) is 0 Å². The van der Waals surface area contributed by atoms with Crippen molar-refractivity contribution in [2.45, 2.75) is 39.5 Å². The molecule has 4 amide bonds. The van der Waals surface area contributed by atoms with E-state index in [-0.39, 0.29) is 4.90 Å². The van der Waals surface area contributed by atoms with Gasteiger partial charge in [-0.05, 0) is 19.1 Å². The molecule has 0 bridgehead atoms. The van der Waals surface area contributed by atoms with Crippen molar-refractivity contribution in [2.75, 3.05) is 0 Å². The third-order valence-electron chi connectivity index (χ3n) is 3.20. The first-order valence-electron chi connectivity index (χ1n) is 6.74. The number of nitrogens with zero attached hydrogens (tertiary/aromatic N) is 1. The van der Waals surface area contributed by atoms with Crippen molar-refractivity contribution in [1.82, 2.24) is 0 Å². The lowest BCUT2D eigenvalue weighted by molar-refractivity contribution is -0.624. The smallest absolute Gasteiger partial charge is 0.332 e. The minimum absolute atomic E-state index is 0.178. The summed E-state index contributed by atoms with van der Waals surface area (Å²) < 4.78 is 29.8. The molecule has 1 aromatic rings. The van der Waals surface area contributed by atoms with Crippen molar-refractivity contribution in [2.24, 2.45) is 0 Å². The maximum atomic E-state index is 11.1. The van der Waals surface area contributed by atoms with Gasteiger partial charge in [0.05, 0.1) is 32.6 Å². The molecule has 0 saturated carbocycles. The number of amides is 4. The quantitative estimate of drug-likeness (QED) is 0.539. The highest BCUT2D eigenvalue weighted by atomic mass is 32.2. The molecule has 8 nitrogen and oxygen atoms in total. The van der Waals surface area contributed by atoms with E-state index >= 15 is 0 Å². The Labute approximate surface area is 140 Å². The van der Waals surface area contributed by atoms with Gasteiger partial charge in [0.1, 0.15) is 10.1 Å². The first-order valence-corrected chi connectivity index (χ1v) is 8.14. The van der Waals surface area contributed by atoms with Crippen LogP contribution in [0.5, 0.6) is 0 Å². The van der Waals surface area contributed by atoms with Gasteiger partial charge in [0.2, 0.25) is 0 Å². The summed E-state index contributed by atoms with van der Waals surface area (Å²) in [5.41, 5.74) is 0.928. The van der Waals surface area contributed by atoms with Gasteiger partial charge in [0.25, 0.3) is 0 Å². The normalized spacial score (nSPS) is 11.1. The van der Waals surface area contributed by atoms with Gasteiger partial charge in [-0.25, -0.2) is 27.6 Å². The fraction of sp³-hybridized carbons (Fsp3) is 0.333. The molecule has 9 heteroatoms. The second-order valence-electron chi connectivity index (χ2n) is 5.01. The first-order chi connectivity index (χ1) is 10.8. The Kier molecular flexibility index (Phi) is 7.30. The molecular formula is C15H19NO7S. The van der Waals surface area contributed by atoms with E-state index in [0.717, 1.165) is 33.3 Å². The highest BCUT2D eigenvalue weighted by Crippen LogP contribution is 2.11. The van der Waals surface area contributed by atoms with Gasteiger partial charge in [0.15, 0.2) is 0 Å². The van der Waals surface area contributed by atoms with Crippen LogP contribution in [0.1, 0.15) is 33.3 Å². The number of hydrogen-bond acceptors (Lipinski definition) is 7. The molecular weight excluding hydrogens is 338 g/mol. The monoisotopic (exact) mass is 357 g/mol. The maximum absolute atomic E-state index is 11.1. The van der Waals surface area contributed by atoms with Crippen LogP contribution in [0.2, 0.25) is 0 Å². The summed E-state index contributed by atoms with van der Waals surface area (Å²) >= 11 is 0. The van der Waals surface area contributed by atoms with Crippen LogP contribution >= 0.6 is 0 Å². The van der Waals surface area contributed by atoms with Crippen molar-refractivity contribution in [3.63, 3.8) is 0 Å². The third-order valence-corrected chi connectivity index (χ3v) is 4.05. The second-order valence-corrected chi connectivity index (χ2v) is 6.39. The van der Waals surface area contributed by atoms with E-state index in [1.807, 2.05) is 6.92 Å². The summed E-state index contributed by atoms with van der Waals surface area (Å²) in [5.74, 6) is -3.08. The summed E-state index contributed by atoms with van der Waals surface area (Å²) in [6.45, 7) is 6.00. The van der Waals surface area contributed by atoms with E-state index in [4.69, 9.17) is 0 Å². The van der Waals surface area contributed by atoms with Gasteiger partial charge in [0, 0.05) is 0 Å². The lowest BCUT2D eigenvalue weighted by atomic mass is 10.2. The number of imide groups is 6. The molecule has 0 atom stereocenters. The van der Waals surface area contributed by atoms with Crippen molar-refractivity contribution in [1.29, 1.82) is 0 Å². The van der Waals surface area contributed by atoms with Gasteiger partial charge >= 0.3 is 23.6 Å². The summed E-state index contributed by atoms with van der Waals surface area (Å²) in [7, 11) is -4.27. The molecule has 0 fully saturated rings. The summed E-state index contributed by atoms with van der Waals surface area (Å²) in [6.07, 6.45) is 0. The highest BCUT2D eigenvalue weighted by Gasteiger charge is 2.49. The molecule has 0 aliphatic carbocycles. The Morgan fingerprint density at radius 1 is 0.792 bits per heavy atom. The number of rotatable bonds is 1. The van der Waals surface area contributed by atoms with Crippen molar-refractivity contribution >= 4 is 33.7 Å². The highest BCUT2D eigenvalue weighted by molar-refractivity contribution is 7.85. The lowest BCUT2D eigenvalue weighted by Crippen LogP contribution is -2.61. The van der Waals surface area contributed by atoms with Crippen LogP contribution in [-0.2, 0) is 29.3 Å². The van der Waals surface area contributed by atoms with E-state index in [9.17, 15) is 32.1 Å². The predicted octanol–water partition coefficient (Wildman–Crippen LogP) is 0.888.